The lowest BCUT2D eigenvalue weighted by Gasteiger charge is -2.21. The molecule has 2 saturated heterocycles. The predicted octanol–water partition coefficient (Wildman–Crippen LogP) is 3.89. The molecule has 5 N–H and O–H groups in total. The molecule has 0 radical (unpaired) electrons. The summed E-state index contributed by atoms with van der Waals surface area (Å²) >= 11 is 0. The Labute approximate surface area is 248 Å². The van der Waals surface area contributed by atoms with Crippen molar-refractivity contribution in [3.8, 4) is 0 Å². The molecular weight excluding hydrogens is 577 g/mol. The van der Waals surface area contributed by atoms with E-state index in [2.05, 4.69) is 5.32 Å². The van der Waals surface area contributed by atoms with Gasteiger partial charge in [0.1, 0.15) is 0 Å². The molecule has 0 aliphatic carbocycles. The molecule has 2 fully saturated rings. The van der Waals surface area contributed by atoms with Crippen molar-refractivity contribution >= 4 is 72.5 Å². The number of Topliss-reactive ketones (excluding diaryl/α,β-unsaturated/α-hetero) is 2. The molecule has 222 valence electrons. The van der Waals surface area contributed by atoms with Crippen molar-refractivity contribution in [2.45, 2.75) is 92.6 Å². The zero-order chi connectivity index (χ0) is 28.6. The number of hydrogen-bond donors (Lipinski definition) is 3. The zero-order valence-electron chi connectivity index (χ0n) is 22.9. The van der Waals surface area contributed by atoms with Crippen LogP contribution in [0.3, 0.4) is 0 Å². The van der Waals surface area contributed by atoms with E-state index in [1.807, 2.05) is 0 Å². The van der Waals surface area contributed by atoms with Crippen LogP contribution < -0.4 is 16.8 Å². The number of carbonyl (C=O) groups is 5. The lowest BCUT2D eigenvalue weighted by atomic mass is 9.97. The standard InChI is InChI=1S/C26H44N4O5S4/c1-29-13-12-22(33)30(16-20(31)10-6-2-4-8-18(25(27)34)14-23-36-37-23)17-21(32)11-7-3-5-9-19(26(28)35)15-24-38-39-24/h18-19,23-24,29H,2-17H2,1H3,(H2,27,34)(H2,28,35)/t18-,19-/m1/s1. The van der Waals surface area contributed by atoms with Crippen LogP contribution in [0.1, 0.15) is 83.5 Å². The van der Waals surface area contributed by atoms with Crippen molar-refractivity contribution < 1.29 is 24.0 Å². The summed E-state index contributed by atoms with van der Waals surface area (Å²) in [6, 6.07) is 0. The second-order valence-electron chi connectivity index (χ2n) is 10.3. The quantitative estimate of drug-likeness (QED) is 0.0778. The van der Waals surface area contributed by atoms with Crippen LogP contribution in [0.15, 0.2) is 0 Å². The van der Waals surface area contributed by atoms with E-state index in [9.17, 15) is 24.0 Å². The Kier molecular flexibility index (Phi) is 17.0. The summed E-state index contributed by atoms with van der Waals surface area (Å²) in [7, 11) is 8.86. The highest BCUT2D eigenvalue weighted by atomic mass is 33.2. The van der Waals surface area contributed by atoms with Gasteiger partial charge in [0.25, 0.3) is 0 Å². The van der Waals surface area contributed by atoms with E-state index in [0.29, 0.717) is 41.4 Å². The number of nitrogens with two attached hydrogens (primary N) is 2. The van der Waals surface area contributed by atoms with E-state index in [4.69, 9.17) is 11.5 Å². The number of amides is 3. The maximum Gasteiger partial charge on any atom is 0.224 e. The molecule has 0 aromatic rings. The summed E-state index contributed by atoms with van der Waals surface area (Å²) in [6.07, 6.45) is 8.73. The van der Waals surface area contributed by atoms with Crippen LogP contribution >= 0.6 is 43.2 Å². The number of primary amides is 2. The van der Waals surface area contributed by atoms with E-state index < -0.39 is 0 Å². The fourth-order valence-corrected chi connectivity index (χ4v) is 7.25. The molecule has 39 heavy (non-hydrogen) atoms. The zero-order valence-corrected chi connectivity index (χ0v) is 26.2. The Morgan fingerprint density at radius 1 is 0.692 bits per heavy atom. The molecule has 0 saturated carbocycles. The molecule has 9 nitrogen and oxygen atoms in total. The van der Waals surface area contributed by atoms with Crippen molar-refractivity contribution in [3.05, 3.63) is 0 Å². The minimum Gasteiger partial charge on any atom is -0.369 e. The summed E-state index contributed by atoms with van der Waals surface area (Å²) in [6.45, 7) is 0.382. The van der Waals surface area contributed by atoms with Gasteiger partial charge >= 0.3 is 0 Å². The summed E-state index contributed by atoms with van der Waals surface area (Å²) in [5.74, 6) is -1.02. The molecule has 0 aromatic carbocycles. The van der Waals surface area contributed by atoms with Gasteiger partial charge in [-0.1, -0.05) is 68.9 Å². The van der Waals surface area contributed by atoms with Crippen molar-refractivity contribution in [1.29, 1.82) is 0 Å². The molecular formula is C26H44N4O5S4. The molecule has 13 heteroatoms. The molecule has 0 spiro atoms. The Bertz CT molecular complexity index is 770. The highest BCUT2D eigenvalue weighted by Crippen LogP contribution is 2.57. The largest absolute Gasteiger partial charge is 0.369 e. The molecule has 0 unspecified atom stereocenters. The van der Waals surface area contributed by atoms with Crippen molar-refractivity contribution in [2.75, 3.05) is 26.7 Å². The van der Waals surface area contributed by atoms with Gasteiger partial charge in [-0.25, -0.2) is 0 Å². The fraction of sp³-hybridized carbons (Fsp3) is 0.808. The van der Waals surface area contributed by atoms with Gasteiger partial charge in [0.15, 0.2) is 11.6 Å². The number of rotatable bonds is 25. The minimum absolute atomic E-state index is 0.0498. The van der Waals surface area contributed by atoms with Crippen molar-refractivity contribution in [2.24, 2.45) is 23.3 Å². The Morgan fingerprint density at radius 2 is 1.13 bits per heavy atom. The monoisotopic (exact) mass is 620 g/mol. The van der Waals surface area contributed by atoms with Crippen LogP contribution in [0.25, 0.3) is 0 Å². The summed E-state index contributed by atoms with van der Waals surface area (Å²) in [5, 5.41) is 2.93. The highest BCUT2D eigenvalue weighted by Gasteiger charge is 2.31. The lowest BCUT2D eigenvalue weighted by Crippen LogP contribution is -2.40. The number of unbranched alkanes of at least 4 members (excludes halogenated alkanes) is 4. The van der Waals surface area contributed by atoms with Gasteiger partial charge in [-0.15, -0.1) is 0 Å². The Morgan fingerprint density at radius 3 is 1.49 bits per heavy atom. The first-order chi connectivity index (χ1) is 18.7. The molecule has 2 heterocycles. The number of carbonyl (C=O) groups excluding carboxylic acids is 5. The van der Waals surface area contributed by atoms with Crippen LogP contribution in [0.4, 0.5) is 0 Å². The predicted molar refractivity (Wildman–Crippen MR) is 164 cm³/mol. The number of nitrogens with one attached hydrogen (secondary N) is 1. The van der Waals surface area contributed by atoms with E-state index in [0.717, 1.165) is 51.4 Å². The molecule has 0 aromatic heterocycles. The number of nitrogens with zero attached hydrogens (tertiary/aromatic N) is 1. The average Bonchev–Trinajstić information content (AvgIpc) is 3.81. The maximum atomic E-state index is 12.7. The third kappa shape index (κ3) is 16.2. The van der Waals surface area contributed by atoms with E-state index >= 15 is 0 Å². The molecule has 0 bridgehead atoms. The highest BCUT2D eigenvalue weighted by molar-refractivity contribution is 8.93. The summed E-state index contributed by atoms with van der Waals surface area (Å²) in [5.41, 5.74) is 11.0. The first kappa shape index (κ1) is 34.3. The van der Waals surface area contributed by atoms with Gasteiger partial charge in [0.05, 0.1) is 22.3 Å². The summed E-state index contributed by atoms with van der Waals surface area (Å²) in [4.78, 5) is 62.6. The second-order valence-corrected chi connectivity index (χ2v) is 16.2. The fourth-order valence-electron chi connectivity index (χ4n) is 4.44. The Hall–Kier alpha value is -0.890. The topological polar surface area (TPSA) is 153 Å². The smallest absolute Gasteiger partial charge is 0.224 e. The van der Waals surface area contributed by atoms with Crippen LogP contribution in [-0.2, 0) is 24.0 Å². The summed E-state index contributed by atoms with van der Waals surface area (Å²) < 4.78 is 0.978. The third-order valence-electron chi connectivity index (χ3n) is 6.92. The molecule has 2 aliphatic rings. The minimum atomic E-state index is -0.249. The first-order valence-electron chi connectivity index (χ1n) is 13.9. The average molecular weight is 621 g/mol. The SMILES string of the molecule is CNCCC(=O)N(CC(=O)CCCCC[C@H](CC1SS1)C(N)=O)CC(=O)CCCCC[C@H](CC1SS1)C(N)=O. The van der Waals surface area contributed by atoms with E-state index in [1.165, 1.54) is 4.90 Å². The van der Waals surface area contributed by atoms with Crippen molar-refractivity contribution in [1.82, 2.24) is 10.2 Å². The van der Waals surface area contributed by atoms with Gasteiger partial charge in [-0.2, -0.15) is 0 Å². The third-order valence-corrected chi connectivity index (χ3v) is 11.4. The van der Waals surface area contributed by atoms with E-state index in [1.54, 1.807) is 50.2 Å². The van der Waals surface area contributed by atoms with Crippen LogP contribution in [0.2, 0.25) is 0 Å². The van der Waals surface area contributed by atoms with Gasteiger partial charge in [0, 0.05) is 37.6 Å². The normalized spacial score (nSPS) is 16.4. The lowest BCUT2D eigenvalue weighted by molar-refractivity contribution is -0.138. The maximum absolute atomic E-state index is 12.7. The van der Waals surface area contributed by atoms with E-state index in [-0.39, 0.29) is 60.6 Å². The van der Waals surface area contributed by atoms with Crippen molar-refractivity contribution in [3.63, 3.8) is 0 Å². The second kappa shape index (κ2) is 19.3. The van der Waals surface area contributed by atoms with Crippen LogP contribution in [0.5, 0.6) is 0 Å². The molecule has 2 atom stereocenters. The van der Waals surface area contributed by atoms with Crippen LogP contribution in [0, 0.1) is 11.8 Å². The molecule has 2 aliphatic heterocycles. The molecule has 2 rings (SSSR count). The number of ketones is 2. The molecule has 3 amide bonds. The van der Waals surface area contributed by atoms with Gasteiger partial charge < -0.3 is 21.7 Å². The van der Waals surface area contributed by atoms with Gasteiger partial charge in [-0.3, -0.25) is 24.0 Å². The number of hydrogen-bond acceptors (Lipinski definition) is 10. The first-order valence-corrected chi connectivity index (χ1v) is 18.4. The Balaban J connectivity index is 1.66. The van der Waals surface area contributed by atoms with Crippen LogP contribution in [-0.4, -0.2) is 70.0 Å². The van der Waals surface area contributed by atoms with Gasteiger partial charge in [-0.05, 0) is 45.6 Å². The van der Waals surface area contributed by atoms with Gasteiger partial charge in [0.2, 0.25) is 17.7 Å².